The van der Waals surface area contributed by atoms with Gasteiger partial charge in [0.25, 0.3) is 0 Å². The van der Waals surface area contributed by atoms with Crippen molar-refractivity contribution in [1.29, 1.82) is 0 Å². The number of carbonyl (C=O) groups is 1. The molecule has 0 bridgehead atoms. The van der Waals surface area contributed by atoms with Crippen LogP contribution in [0.4, 0.5) is 4.79 Å². The van der Waals surface area contributed by atoms with Gasteiger partial charge in [0, 0.05) is 80.1 Å². The van der Waals surface area contributed by atoms with Crippen molar-refractivity contribution in [2.45, 2.75) is 69.2 Å². The summed E-state index contributed by atoms with van der Waals surface area (Å²) in [7, 11) is 0. The first-order valence-electron chi connectivity index (χ1n) is 13.3. The molecule has 6 aliphatic rings. The van der Waals surface area contributed by atoms with Crippen molar-refractivity contribution in [3.05, 3.63) is 29.1 Å². The van der Waals surface area contributed by atoms with Gasteiger partial charge in [-0.25, -0.2) is 9.78 Å². The van der Waals surface area contributed by atoms with Gasteiger partial charge in [-0.05, 0) is 44.6 Å². The van der Waals surface area contributed by atoms with E-state index in [2.05, 4.69) is 41.2 Å². The molecule has 2 amide bonds. The van der Waals surface area contributed by atoms with Crippen molar-refractivity contribution in [2.75, 3.05) is 39.3 Å². The lowest BCUT2D eigenvalue weighted by Crippen LogP contribution is -2.75. The fraction of sp³-hybridized carbons (Fsp3) is 0.760. The molecule has 3 saturated heterocycles. The second kappa shape index (κ2) is 6.83. The lowest BCUT2D eigenvalue weighted by Gasteiger charge is -2.63. The highest BCUT2D eigenvalue weighted by Crippen LogP contribution is 2.56. The van der Waals surface area contributed by atoms with E-state index in [0.29, 0.717) is 28.6 Å². The SMILES string of the molecule is O=C(N1CC2(CC(c3nc(C4CC4)n[nH]3)C2)C1)N1CC2(CN(Cc3cc(C4CCC4)[nH]n3)C2)C1. The number of likely N-dealkylation sites (tertiary alicyclic amines) is 3. The van der Waals surface area contributed by atoms with Gasteiger partial charge in [-0.1, -0.05) is 6.42 Å². The molecule has 9 heteroatoms. The summed E-state index contributed by atoms with van der Waals surface area (Å²) in [6, 6.07) is 2.52. The Labute approximate surface area is 199 Å². The number of rotatable bonds is 5. The highest BCUT2D eigenvalue weighted by atomic mass is 16.2. The monoisotopic (exact) mass is 462 g/mol. The maximum atomic E-state index is 13.0. The Morgan fingerprint density at radius 3 is 2.29 bits per heavy atom. The number of hydrogen-bond donors (Lipinski definition) is 2. The van der Waals surface area contributed by atoms with Gasteiger partial charge in [-0.15, -0.1) is 0 Å². The first-order chi connectivity index (χ1) is 16.6. The van der Waals surface area contributed by atoms with Crippen LogP contribution in [0.3, 0.4) is 0 Å². The van der Waals surface area contributed by atoms with Crippen LogP contribution in [0.1, 0.15) is 85.7 Å². The van der Waals surface area contributed by atoms with Crippen LogP contribution < -0.4 is 0 Å². The maximum absolute atomic E-state index is 13.0. The number of nitrogens with one attached hydrogen (secondary N) is 2. The summed E-state index contributed by atoms with van der Waals surface area (Å²) in [5, 5.41) is 15.4. The van der Waals surface area contributed by atoms with Gasteiger partial charge >= 0.3 is 6.03 Å². The third kappa shape index (κ3) is 3.08. The van der Waals surface area contributed by atoms with Gasteiger partial charge in [0.1, 0.15) is 5.82 Å². The van der Waals surface area contributed by atoms with E-state index in [1.807, 2.05) is 0 Å². The molecule has 0 unspecified atom stereocenters. The van der Waals surface area contributed by atoms with E-state index in [1.165, 1.54) is 43.5 Å². The predicted molar refractivity (Wildman–Crippen MR) is 124 cm³/mol. The van der Waals surface area contributed by atoms with E-state index in [9.17, 15) is 4.79 Å². The minimum Gasteiger partial charge on any atom is -0.323 e. The van der Waals surface area contributed by atoms with Crippen LogP contribution in [0.15, 0.2) is 6.07 Å². The number of H-pyrrole nitrogens is 2. The minimum absolute atomic E-state index is 0.256. The van der Waals surface area contributed by atoms with Crippen molar-refractivity contribution < 1.29 is 4.79 Å². The second-order valence-corrected chi connectivity index (χ2v) is 12.5. The summed E-state index contributed by atoms with van der Waals surface area (Å²) >= 11 is 0. The number of urea groups is 1. The molecule has 0 aromatic carbocycles. The molecule has 2 aromatic heterocycles. The van der Waals surface area contributed by atoms with Crippen LogP contribution in [0.2, 0.25) is 0 Å². The molecule has 5 heterocycles. The fourth-order valence-electron chi connectivity index (χ4n) is 7.26. The Morgan fingerprint density at radius 1 is 0.882 bits per heavy atom. The zero-order valence-corrected chi connectivity index (χ0v) is 19.8. The molecule has 2 spiro atoms. The minimum atomic E-state index is 0.256. The molecule has 180 valence electrons. The van der Waals surface area contributed by atoms with Crippen LogP contribution in [0.25, 0.3) is 0 Å². The topological polar surface area (TPSA) is 97.0 Å². The average Bonchev–Trinajstić information content (AvgIpc) is 3.22. The summed E-state index contributed by atoms with van der Waals surface area (Å²) in [5.74, 6) is 3.92. The van der Waals surface area contributed by atoms with Gasteiger partial charge in [0.2, 0.25) is 0 Å². The van der Waals surface area contributed by atoms with Crippen molar-refractivity contribution in [3.63, 3.8) is 0 Å². The molecule has 3 saturated carbocycles. The summed E-state index contributed by atoms with van der Waals surface area (Å²) in [4.78, 5) is 24.3. The molecule has 34 heavy (non-hydrogen) atoms. The molecule has 3 aliphatic carbocycles. The Bertz CT molecular complexity index is 1100. The lowest BCUT2D eigenvalue weighted by molar-refractivity contribution is -0.117. The Kier molecular flexibility index (Phi) is 3.99. The molecule has 9 nitrogen and oxygen atoms in total. The van der Waals surface area contributed by atoms with Crippen molar-refractivity contribution in [2.24, 2.45) is 10.8 Å². The van der Waals surface area contributed by atoms with Gasteiger partial charge in [-0.2, -0.15) is 10.2 Å². The fourth-order valence-corrected chi connectivity index (χ4v) is 7.26. The molecule has 8 rings (SSSR count). The molecule has 0 radical (unpaired) electrons. The number of hydrogen-bond acceptors (Lipinski definition) is 5. The Balaban J connectivity index is 0.778. The van der Waals surface area contributed by atoms with Crippen LogP contribution in [-0.2, 0) is 6.54 Å². The van der Waals surface area contributed by atoms with E-state index >= 15 is 0 Å². The summed E-state index contributed by atoms with van der Waals surface area (Å²) in [6.45, 7) is 6.80. The highest BCUT2D eigenvalue weighted by molar-refractivity contribution is 5.77. The third-order valence-corrected chi connectivity index (χ3v) is 9.55. The second-order valence-electron chi connectivity index (χ2n) is 12.5. The number of nitrogens with zero attached hydrogens (tertiary/aromatic N) is 6. The number of carbonyl (C=O) groups excluding carboxylic acids is 1. The van der Waals surface area contributed by atoms with E-state index in [-0.39, 0.29) is 6.03 Å². The number of aromatic amines is 2. The van der Waals surface area contributed by atoms with E-state index in [4.69, 9.17) is 4.98 Å². The molecule has 2 N–H and O–H groups in total. The number of amides is 2. The van der Waals surface area contributed by atoms with E-state index in [1.54, 1.807) is 0 Å². The first kappa shape index (κ1) is 19.8. The van der Waals surface area contributed by atoms with Gasteiger partial charge in [0.15, 0.2) is 5.82 Å². The van der Waals surface area contributed by atoms with Crippen LogP contribution in [0.5, 0.6) is 0 Å². The molecule has 0 atom stereocenters. The van der Waals surface area contributed by atoms with Crippen molar-refractivity contribution >= 4 is 6.03 Å². The standard InChI is InChI=1S/C25H34N8O/c34-23(32-12-24(13-32)7-18(8-24)22-26-21(29-30-22)17-4-5-17)33-14-25(15-33)10-31(11-25)9-19-6-20(28-27-19)16-2-1-3-16/h6,16-18H,1-5,7-15H2,(H,27,28)(H,26,29,30). The Morgan fingerprint density at radius 2 is 1.62 bits per heavy atom. The Hall–Kier alpha value is -2.42. The first-order valence-corrected chi connectivity index (χ1v) is 13.3. The lowest BCUT2D eigenvalue weighted by atomic mass is 9.57. The molecular formula is C25H34N8O. The van der Waals surface area contributed by atoms with Crippen LogP contribution in [0, 0.1) is 10.8 Å². The zero-order valence-electron chi connectivity index (χ0n) is 19.8. The maximum Gasteiger partial charge on any atom is 0.320 e. The molecule has 3 aliphatic heterocycles. The molecule has 6 fully saturated rings. The average molecular weight is 463 g/mol. The van der Waals surface area contributed by atoms with E-state index in [0.717, 1.165) is 70.3 Å². The molecular weight excluding hydrogens is 428 g/mol. The summed E-state index contributed by atoms with van der Waals surface area (Å²) in [6.07, 6.45) is 8.73. The van der Waals surface area contributed by atoms with Crippen LogP contribution >= 0.6 is 0 Å². The normalized spacial score (nSPS) is 27.8. The number of aromatic nitrogens is 5. The van der Waals surface area contributed by atoms with Gasteiger partial charge in [0.05, 0.1) is 5.69 Å². The summed E-state index contributed by atoms with van der Waals surface area (Å²) in [5.41, 5.74) is 3.16. The zero-order chi connectivity index (χ0) is 22.5. The van der Waals surface area contributed by atoms with Crippen molar-refractivity contribution in [3.8, 4) is 0 Å². The van der Waals surface area contributed by atoms with Gasteiger partial charge in [-0.3, -0.25) is 15.1 Å². The van der Waals surface area contributed by atoms with Crippen LogP contribution in [-0.4, -0.2) is 85.4 Å². The smallest absolute Gasteiger partial charge is 0.320 e. The van der Waals surface area contributed by atoms with Gasteiger partial charge < -0.3 is 9.80 Å². The summed E-state index contributed by atoms with van der Waals surface area (Å²) < 4.78 is 0. The molecule has 2 aromatic rings. The van der Waals surface area contributed by atoms with Crippen molar-refractivity contribution in [1.82, 2.24) is 40.1 Å². The third-order valence-electron chi connectivity index (χ3n) is 9.55. The van der Waals surface area contributed by atoms with E-state index < -0.39 is 0 Å². The predicted octanol–water partition coefficient (Wildman–Crippen LogP) is 2.79. The quantitative estimate of drug-likeness (QED) is 0.712. The highest BCUT2D eigenvalue weighted by Gasteiger charge is 2.58. The largest absolute Gasteiger partial charge is 0.323 e.